The smallest absolute Gasteiger partial charge is 0.245 e. The molecular formula is C19H38N4O4. The third-order valence-electron chi connectivity index (χ3n) is 4.38. The number of hydrogen-bond donors (Lipinski definition) is 5. The molecule has 158 valence electrons. The van der Waals surface area contributed by atoms with E-state index < -0.39 is 24.1 Å². The second-order valence-electron chi connectivity index (χ2n) is 7.92. The minimum absolute atomic E-state index is 0.00946. The molecule has 0 aromatic rings. The number of hydrogen-bond acceptors (Lipinski definition) is 6. The molecule has 8 heteroatoms. The van der Waals surface area contributed by atoms with Gasteiger partial charge in [-0.2, -0.15) is 0 Å². The van der Waals surface area contributed by atoms with E-state index in [-0.39, 0.29) is 36.5 Å². The average Bonchev–Trinajstić information content (AvgIpc) is 2.56. The number of ketones is 1. The maximum atomic E-state index is 12.6. The fraction of sp³-hybridized carbons (Fsp3) is 0.842. The highest BCUT2D eigenvalue weighted by atomic mass is 16.3. The molecule has 0 aromatic carbocycles. The first kappa shape index (κ1) is 25.5. The summed E-state index contributed by atoms with van der Waals surface area (Å²) in [5, 5.41) is 15.1. The summed E-state index contributed by atoms with van der Waals surface area (Å²) in [7, 11) is 0. The molecule has 0 bridgehead atoms. The molecular weight excluding hydrogens is 348 g/mol. The van der Waals surface area contributed by atoms with Gasteiger partial charge < -0.3 is 27.2 Å². The third kappa shape index (κ3) is 9.83. The van der Waals surface area contributed by atoms with E-state index in [1.165, 1.54) is 6.92 Å². The minimum Gasteiger partial charge on any atom is -0.391 e. The first-order valence-electron chi connectivity index (χ1n) is 9.75. The van der Waals surface area contributed by atoms with E-state index in [0.29, 0.717) is 18.9 Å². The van der Waals surface area contributed by atoms with Gasteiger partial charge in [0.25, 0.3) is 0 Å². The van der Waals surface area contributed by atoms with Crippen LogP contribution in [0, 0.1) is 17.8 Å². The fourth-order valence-electron chi connectivity index (χ4n) is 2.95. The summed E-state index contributed by atoms with van der Waals surface area (Å²) in [4.78, 5) is 37.1. The number of rotatable bonds is 13. The lowest BCUT2D eigenvalue weighted by molar-refractivity contribution is -0.134. The van der Waals surface area contributed by atoms with Gasteiger partial charge in [0.2, 0.25) is 11.8 Å². The van der Waals surface area contributed by atoms with Crippen LogP contribution in [-0.4, -0.2) is 54.0 Å². The molecule has 0 spiro atoms. The second kappa shape index (κ2) is 12.8. The third-order valence-corrected chi connectivity index (χ3v) is 4.38. The van der Waals surface area contributed by atoms with Crippen LogP contribution >= 0.6 is 0 Å². The highest BCUT2D eigenvalue weighted by Crippen LogP contribution is 2.14. The molecule has 1 unspecified atom stereocenters. The molecule has 27 heavy (non-hydrogen) atoms. The molecule has 0 heterocycles. The number of Topliss-reactive ketones (excluding diaryl/α,β-unsaturated/α-hetero) is 1. The summed E-state index contributed by atoms with van der Waals surface area (Å²) in [6, 6.07) is -1.88. The summed E-state index contributed by atoms with van der Waals surface area (Å²) >= 11 is 0. The number of nitrogens with two attached hydrogens (primary N) is 2. The van der Waals surface area contributed by atoms with Crippen LogP contribution in [0.2, 0.25) is 0 Å². The minimum atomic E-state index is -1.14. The molecule has 0 fully saturated rings. The van der Waals surface area contributed by atoms with E-state index in [2.05, 4.69) is 24.5 Å². The standard InChI is InChI=1S/C19H38N4O4/c1-11(2)8-14(10-21)9-16(25)23-17(13(5)24)19(27)22-15(6-7-20)18(26)12(3)4/h11-15,17,24H,6-10,20-21H2,1-5H3,(H,22,27)(H,23,25)/t13-,14?,15-,17-/m0/s1. The molecule has 0 saturated carbocycles. The lowest BCUT2D eigenvalue weighted by Crippen LogP contribution is -2.56. The Hall–Kier alpha value is -1.51. The Bertz CT molecular complexity index is 480. The lowest BCUT2D eigenvalue weighted by Gasteiger charge is -2.26. The number of carbonyl (C=O) groups excluding carboxylic acids is 3. The topological polar surface area (TPSA) is 148 Å². The van der Waals surface area contributed by atoms with Crippen molar-refractivity contribution >= 4 is 17.6 Å². The zero-order valence-corrected chi connectivity index (χ0v) is 17.3. The van der Waals surface area contributed by atoms with E-state index in [1.807, 2.05) is 0 Å². The lowest BCUT2D eigenvalue weighted by atomic mass is 9.93. The largest absolute Gasteiger partial charge is 0.391 e. The van der Waals surface area contributed by atoms with Crippen molar-refractivity contribution in [3.8, 4) is 0 Å². The summed E-state index contributed by atoms with van der Waals surface area (Å²) in [6.45, 7) is 9.62. The molecule has 2 amide bonds. The van der Waals surface area contributed by atoms with Gasteiger partial charge in [0.1, 0.15) is 6.04 Å². The number of amides is 2. The monoisotopic (exact) mass is 386 g/mol. The summed E-state index contributed by atoms with van der Waals surface area (Å²) in [5.74, 6) is -0.930. The number of nitrogens with one attached hydrogen (secondary N) is 2. The molecule has 0 rings (SSSR count). The molecule has 0 aliphatic rings. The zero-order valence-electron chi connectivity index (χ0n) is 17.3. The van der Waals surface area contributed by atoms with Gasteiger partial charge in [-0.25, -0.2) is 0 Å². The van der Waals surface area contributed by atoms with Crippen molar-refractivity contribution in [3.63, 3.8) is 0 Å². The zero-order chi connectivity index (χ0) is 21.1. The highest BCUT2D eigenvalue weighted by molar-refractivity contribution is 5.93. The second-order valence-corrected chi connectivity index (χ2v) is 7.92. The van der Waals surface area contributed by atoms with Crippen molar-refractivity contribution < 1.29 is 19.5 Å². The summed E-state index contributed by atoms with van der Waals surface area (Å²) < 4.78 is 0. The van der Waals surface area contributed by atoms with Gasteiger partial charge in [0.05, 0.1) is 12.1 Å². The van der Waals surface area contributed by atoms with Gasteiger partial charge in [0, 0.05) is 12.3 Å². The maximum absolute atomic E-state index is 12.6. The summed E-state index contributed by atoms with van der Waals surface area (Å²) in [6.07, 6.45) is 0.176. The van der Waals surface area contributed by atoms with Crippen molar-refractivity contribution in [1.29, 1.82) is 0 Å². The van der Waals surface area contributed by atoms with Crippen LogP contribution in [0.1, 0.15) is 53.9 Å². The maximum Gasteiger partial charge on any atom is 0.245 e. The Kier molecular flexibility index (Phi) is 12.1. The van der Waals surface area contributed by atoms with Gasteiger partial charge in [-0.05, 0) is 44.7 Å². The van der Waals surface area contributed by atoms with Crippen molar-refractivity contribution in [2.75, 3.05) is 13.1 Å². The van der Waals surface area contributed by atoms with Gasteiger partial charge in [-0.1, -0.05) is 27.7 Å². The molecule has 0 aliphatic carbocycles. The van der Waals surface area contributed by atoms with Crippen LogP contribution in [0.3, 0.4) is 0 Å². The van der Waals surface area contributed by atoms with Gasteiger partial charge >= 0.3 is 0 Å². The average molecular weight is 387 g/mol. The Morgan fingerprint density at radius 2 is 1.59 bits per heavy atom. The van der Waals surface area contributed by atoms with Crippen LogP contribution in [0.4, 0.5) is 0 Å². The molecule has 0 aliphatic heterocycles. The Balaban J connectivity index is 5.01. The first-order chi connectivity index (χ1) is 12.5. The molecule has 0 radical (unpaired) electrons. The van der Waals surface area contributed by atoms with E-state index in [4.69, 9.17) is 11.5 Å². The van der Waals surface area contributed by atoms with Crippen LogP contribution in [0.25, 0.3) is 0 Å². The molecule has 4 atom stereocenters. The van der Waals surface area contributed by atoms with Crippen LogP contribution in [0.5, 0.6) is 0 Å². The predicted octanol–water partition coefficient (Wildman–Crippen LogP) is -0.0782. The number of aliphatic hydroxyl groups is 1. The van der Waals surface area contributed by atoms with Gasteiger partial charge in [-0.3, -0.25) is 14.4 Å². The van der Waals surface area contributed by atoms with E-state index in [1.54, 1.807) is 13.8 Å². The molecule has 7 N–H and O–H groups in total. The van der Waals surface area contributed by atoms with Crippen molar-refractivity contribution in [3.05, 3.63) is 0 Å². The van der Waals surface area contributed by atoms with Crippen molar-refractivity contribution in [1.82, 2.24) is 10.6 Å². The van der Waals surface area contributed by atoms with Crippen molar-refractivity contribution in [2.24, 2.45) is 29.2 Å². The van der Waals surface area contributed by atoms with E-state index >= 15 is 0 Å². The van der Waals surface area contributed by atoms with Crippen LogP contribution < -0.4 is 22.1 Å². The Morgan fingerprint density at radius 3 is 2.00 bits per heavy atom. The van der Waals surface area contributed by atoms with Crippen LogP contribution in [0.15, 0.2) is 0 Å². The Labute approximate surface area is 162 Å². The molecule has 0 saturated heterocycles. The van der Waals surface area contributed by atoms with Gasteiger partial charge in [0.15, 0.2) is 5.78 Å². The number of carbonyl (C=O) groups is 3. The molecule has 0 aromatic heterocycles. The van der Waals surface area contributed by atoms with Crippen molar-refractivity contribution in [2.45, 2.75) is 72.1 Å². The normalized spacial score (nSPS) is 15.9. The van der Waals surface area contributed by atoms with Crippen LogP contribution in [-0.2, 0) is 14.4 Å². The number of aliphatic hydroxyl groups excluding tert-OH is 1. The quantitative estimate of drug-likeness (QED) is 0.299. The SMILES string of the molecule is CC(C)CC(CN)CC(=O)N[C@H](C(=O)N[C@@H](CCN)C(=O)C(C)C)[C@H](C)O. The predicted molar refractivity (Wildman–Crippen MR) is 106 cm³/mol. The van der Waals surface area contributed by atoms with E-state index in [0.717, 1.165) is 6.42 Å². The summed E-state index contributed by atoms with van der Waals surface area (Å²) in [5.41, 5.74) is 11.3. The first-order valence-corrected chi connectivity index (χ1v) is 9.75. The fourth-order valence-corrected chi connectivity index (χ4v) is 2.95. The van der Waals surface area contributed by atoms with E-state index in [9.17, 15) is 19.5 Å². The molecule has 8 nitrogen and oxygen atoms in total. The van der Waals surface area contributed by atoms with Gasteiger partial charge in [-0.15, -0.1) is 0 Å². The Morgan fingerprint density at radius 1 is 1.00 bits per heavy atom. The highest BCUT2D eigenvalue weighted by Gasteiger charge is 2.30.